The van der Waals surface area contributed by atoms with E-state index in [9.17, 15) is 18.0 Å². The highest BCUT2D eigenvalue weighted by molar-refractivity contribution is 7.91. The van der Waals surface area contributed by atoms with E-state index in [4.69, 9.17) is 0 Å². The summed E-state index contributed by atoms with van der Waals surface area (Å²) < 4.78 is 28.2. The Morgan fingerprint density at radius 2 is 1.93 bits per heavy atom. The van der Waals surface area contributed by atoms with Crippen LogP contribution >= 0.6 is 22.7 Å². The molecule has 1 aliphatic rings. The van der Waals surface area contributed by atoms with Gasteiger partial charge in [-0.15, -0.1) is 22.7 Å². The first-order valence-electron chi connectivity index (χ1n) is 9.05. The van der Waals surface area contributed by atoms with Crippen LogP contribution in [0.4, 0.5) is 0 Å². The minimum absolute atomic E-state index is 0.103. The highest BCUT2D eigenvalue weighted by Gasteiger charge is 2.30. The highest BCUT2D eigenvalue weighted by atomic mass is 32.2. The average Bonchev–Trinajstić information content (AvgIpc) is 3.34. The first-order valence-corrected chi connectivity index (χ1v) is 12.2. The molecule has 0 spiro atoms. The molecule has 1 saturated heterocycles. The number of amides is 1. The lowest BCUT2D eigenvalue weighted by Crippen LogP contribution is -2.51. The van der Waals surface area contributed by atoms with Crippen molar-refractivity contribution in [2.45, 2.75) is 24.6 Å². The van der Waals surface area contributed by atoms with E-state index in [-0.39, 0.29) is 31.1 Å². The van der Waals surface area contributed by atoms with Gasteiger partial charge in [0.2, 0.25) is 5.91 Å². The van der Waals surface area contributed by atoms with Crippen LogP contribution in [0.1, 0.15) is 10.4 Å². The Hall–Kier alpha value is -2.08. The number of aryl methyl sites for hydroxylation is 2. The Morgan fingerprint density at radius 3 is 2.59 bits per heavy atom. The second kappa shape index (κ2) is 7.63. The highest BCUT2D eigenvalue weighted by Crippen LogP contribution is 2.25. The van der Waals surface area contributed by atoms with Crippen molar-refractivity contribution in [3.8, 4) is 0 Å². The molecule has 3 aromatic heterocycles. The molecule has 0 aromatic carbocycles. The number of fused-ring (bicyclic) bond motifs is 1. The zero-order chi connectivity index (χ0) is 20.8. The van der Waals surface area contributed by atoms with Crippen molar-refractivity contribution < 1.29 is 13.2 Å². The second-order valence-electron chi connectivity index (χ2n) is 6.86. The Balaban J connectivity index is 1.46. The molecule has 0 unspecified atom stereocenters. The summed E-state index contributed by atoms with van der Waals surface area (Å²) in [5.74, 6) is -0.217. The molecule has 4 rings (SSSR count). The maximum Gasteiger partial charge on any atom is 0.262 e. The number of aromatic nitrogens is 2. The van der Waals surface area contributed by atoms with Gasteiger partial charge in [0.05, 0.1) is 11.7 Å². The lowest BCUT2D eigenvalue weighted by atomic mass is 10.2. The fraction of sp³-hybridized carbons (Fsp3) is 0.389. The Labute approximate surface area is 176 Å². The quantitative estimate of drug-likeness (QED) is 0.600. The van der Waals surface area contributed by atoms with E-state index in [0.29, 0.717) is 27.5 Å². The Kier molecular flexibility index (Phi) is 5.32. The van der Waals surface area contributed by atoms with E-state index in [0.717, 1.165) is 10.4 Å². The smallest absolute Gasteiger partial charge is 0.262 e. The number of carbonyl (C=O) groups excluding carboxylic acids is 1. The van der Waals surface area contributed by atoms with Gasteiger partial charge >= 0.3 is 0 Å². The number of carbonyl (C=O) groups is 1. The molecule has 29 heavy (non-hydrogen) atoms. The number of sulfonamides is 1. The minimum atomic E-state index is -3.51. The monoisotopic (exact) mass is 452 g/mol. The fourth-order valence-corrected chi connectivity index (χ4v) is 6.90. The predicted octanol–water partition coefficient (Wildman–Crippen LogP) is 1.67. The summed E-state index contributed by atoms with van der Waals surface area (Å²) in [4.78, 5) is 33.1. The number of nitrogens with zero attached hydrogens (tertiary/aromatic N) is 4. The zero-order valence-corrected chi connectivity index (χ0v) is 18.4. The molecule has 8 nitrogen and oxygen atoms in total. The van der Waals surface area contributed by atoms with Gasteiger partial charge < -0.3 is 4.90 Å². The Bertz CT molecular complexity index is 1220. The van der Waals surface area contributed by atoms with Crippen molar-refractivity contribution in [3.05, 3.63) is 44.6 Å². The van der Waals surface area contributed by atoms with E-state index in [1.807, 2.05) is 13.8 Å². The third-order valence-corrected chi connectivity index (χ3v) is 9.53. The number of hydrogen-bond donors (Lipinski definition) is 0. The van der Waals surface area contributed by atoms with Gasteiger partial charge in [-0.2, -0.15) is 4.31 Å². The number of rotatable bonds is 4. The molecule has 0 atom stereocenters. The molecule has 0 N–H and O–H groups in total. The molecule has 0 radical (unpaired) electrons. The van der Waals surface area contributed by atoms with Gasteiger partial charge in [0, 0.05) is 31.1 Å². The third-order valence-electron chi connectivity index (χ3n) is 5.14. The van der Waals surface area contributed by atoms with Crippen LogP contribution in [-0.2, 0) is 21.4 Å². The van der Waals surface area contributed by atoms with Crippen LogP contribution in [-0.4, -0.2) is 59.3 Å². The molecule has 1 amide bonds. The van der Waals surface area contributed by atoms with E-state index in [1.165, 1.54) is 37.9 Å². The zero-order valence-electron chi connectivity index (χ0n) is 16.0. The van der Waals surface area contributed by atoms with Gasteiger partial charge in [0.15, 0.2) is 0 Å². The number of thiophene rings is 2. The van der Waals surface area contributed by atoms with Gasteiger partial charge in [-0.3, -0.25) is 14.2 Å². The lowest BCUT2D eigenvalue weighted by molar-refractivity contribution is -0.133. The van der Waals surface area contributed by atoms with Crippen LogP contribution in [0.15, 0.2) is 32.8 Å². The van der Waals surface area contributed by atoms with Gasteiger partial charge in [-0.25, -0.2) is 13.4 Å². The molecule has 1 fully saturated rings. The van der Waals surface area contributed by atoms with Gasteiger partial charge in [-0.05, 0) is 30.9 Å². The molecule has 3 aromatic rings. The van der Waals surface area contributed by atoms with Crippen LogP contribution in [0.5, 0.6) is 0 Å². The molecule has 0 saturated carbocycles. The SMILES string of the molecule is Cc1sc2ncn(CC(=O)N3CCN(S(=O)(=O)c4cccs4)CC3)c(=O)c2c1C. The molecule has 4 heterocycles. The fourth-order valence-electron chi connectivity index (χ4n) is 3.34. The topological polar surface area (TPSA) is 92.6 Å². The maximum atomic E-state index is 12.8. The number of piperazine rings is 1. The maximum absolute atomic E-state index is 12.8. The molecule has 154 valence electrons. The summed E-state index contributed by atoms with van der Waals surface area (Å²) in [7, 11) is -3.51. The normalized spacial score (nSPS) is 15.9. The molecule has 0 bridgehead atoms. The summed E-state index contributed by atoms with van der Waals surface area (Å²) in [6, 6.07) is 3.29. The van der Waals surface area contributed by atoms with Gasteiger partial charge in [-0.1, -0.05) is 6.07 Å². The van der Waals surface area contributed by atoms with Crippen molar-refractivity contribution in [1.29, 1.82) is 0 Å². The van der Waals surface area contributed by atoms with E-state index in [2.05, 4.69) is 4.98 Å². The van der Waals surface area contributed by atoms with Crippen molar-refractivity contribution in [3.63, 3.8) is 0 Å². The first-order chi connectivity index (χ1) is 13.8. The molecular weight excluding hydrogens is 432 g/mol. The van der Waals surface area contributed by atoms with Gasteiger partial charge in [0.25, 0.3) is 15.6 Å². The van der Waals surface area contributed by atoms with Crippen molar-refractivity contribution in [2.24, 2.45) is 0 Å². The van der Waals surface area contributed by atoms with Gasteiger partial charge in [0.1, 0.15) is 15.6 Å². The largest absolute Gasteiger partial charge is 0.338 e. The molecule has 1 aliphatic heterocycles. The van der Waals surface area contributed by atoms with E-state index in [1.54, 1.807) is 22.4 Å². The summed E-state index contributed by atoms with van der Waals surface area (Å²) in [5.41, 5.74) is 0.681. The summed E-state index contributed by atoms with van der Waals surface area (Å²) in [5, 5.41) is 2.29. The van der Waals surface area contributed by atoms with Crippen molar-refractivity contribution in [2.75, 3.05) is 26.2 Å². The summed E-state index contributed by atoms with van der Waals surface area (Å²) >= 11 is 2.65. The average molecular weight is 453 g/mol. The number of hydrogen-bond acceptors (Lipinski definition) is 7. The Morgan fingerprint density at radius 1 is 1.21 bits per heavy atom. The van der Waals surface area contributed by atoms with Crippen LogP contribution < -0.4 is 5.56 Å². The summed E-state index contributed by atoms with van der Waals surface area (Å²) in [6.45, 7) is 4.79. The second-order valence-corrected chi connectivity index (χ2v) is 11.2. The molecule has 0 aliphatic carbocycles. The van der Waals surface area contributed by atoms with Crippen molar-refractivity contribution >= 4 is 48.8 Å². The van der Waals surface area contributed by atoms with Crippen LogP contribution in [0.3, 0.4) is 0 Å². The van der Waals surface area contributed by atoms with E-state index < -0.39 is 10.0 Å². The molecular formula is C18H20N4O4S3. The third kappa shape index (κ3) is 3.63. The molecule has 11 heteroatoms. The minimum Gasteiger partial charge on any atom is -0.338 e. The standard InChI is InChI=1S/C18H20N4O4S3/c1-12-13(2)28-17-16(12)18(24)21(11-19-17)10-14(23)20-5-7-22(8-6-20)29(25,26)15-4-3-9-27-15/h3-4,9,11H,5-8,10H2,1-2H3. The van der Waals surface area contributed by atoms with E-state index >= 15 is 0 Å². The first kappa shape index (κ1) is 20.2. The lowest BCUT2D eigenvalue weighted by Gasteiger charge is -2.33. The summed E-state index contributed by atoms with van der Waals surface area (Å²) in [6.07, 6.45) is 1.41. The van der Waals surface area contributed by atoms with Crippen LogP contribution in [0.2, 0.25) is 0 Å². The van der Waals surface area contributed by atoms with Crippen LogP contribution in [0, 0.1) is 13.8 Å². The predicted molar refractivity (Wildman–Crippen MR) is 113 cm³/mol. The van der Waals surface area contributed by atoms with Crippen LogP contribution in [0.25, 0.3) is 10.2 Å². The van der Waals surface area contributed by atoms with Crippen molar-refractivity contribution in [1.82, 2.24) is 18.8 Å².